The fourth-order valence-electron chi connectivity index (χ4n) is 2.02. The molecule has 0 bridgehead atoms. The quantitative estimate of drug-likeness (QED) is 0.836. The van der Waals surface area contributed by atoms with Crippen LogP contribution in [0.15, 0.2) is 28.7 Å². The van der Waals surface area contributed by atoms with Crippen molar-refractivity contribution in [3.63, 3.8) is 0 Å². The van der Waals surface area contributed by atoms with E-state index in [0.717, 1.165) is 10.9 Å². The van der Waals surface area contributed by atoms with Gasteiger partial charge in [0.25, 0.3) is 0 Å². The molecule has 0 atom stereocenters. The van der Waals surface area contributed by atoms with Crippen LogP contribution in [-0.4, -0.2) is 16.7 Å². The van der Waals surface area contributed by atoms with Crippen LogP contribution in [0.25, 0.3) is 17.0 Å². The Morgan fingerprint density at radius 1 is 1.28 bits per heavy atom. The summed E-state index contributed by atoms with van der Waals surface area (Å²) in [6.45, 7) is 3.92. The summed E-state index contributed by atoms with van der Waals surface area (Å²) in [5, 5.41) is 9.66. The van der Waals surface area contributed by atoms with Crippen LogP contribution in [0.5, 0.6) is 5.75 Å². The molecular weight excluding hydrogens is 232 g/mol. The maximum absolute atomic E-state index is 10.9. The zero-order valence-electron chi connectivity index (χ0n) is 10.1. The van der Waals surface area contributed by atoms with E-state index in [-0.39, 0.29) is 11.4 Å². The molecular formula is C14H12O4. The lowest BCUT2D eigenvalue weighted by Gasteiger charge is -2.27. The molecule has 2 heterocycles. The molecule has 0 saturated carbocycles. The average molecular weight is 244 g/mol. The summed E-state index contributed by atoms with van der Waals surface area (Å²) in [6.07, 6.45) is 3.95. The molecule has 0 saturated heterocycles. The van der Waals surface area contributed by atoms with Gasteiger partial charge in [-0.25, -0.2) is 4.79 Å². The standard InChI is InChI=1S/C14H12O4/c1-14(2)4-3-8-5-9-6-12(13(15)16)17-10(9)7-11(8)18-14/h3-7H,1-2H3,(H,15,16). The van der Waals surface area contributed by atoms with Crippen molar-refractivity contribution < 1.29 is 19.1 Å². The summed E-state index contributed by atoms with van der Waals surface area (Å²) in [6, 6.07) is 5.13. The molecule has 4 heteroatoms. The normalized spacial score (nSPS) is 16.3. The largest absolute Gasteiger partial charge is 0.483 e. The van der Waals surface area contributed by atoms with E-state index in [9.17, 15) is 4.79 Å². The molecule has 1 aliphatic heterocycles. The van der Waals surface area contributed by atoms with Crippen LogP contribution >= 0.6 is 0 Å². The number of carboxylic acid groups (broad SMARTS) is 1. The predicted octanol–water partition coefficient (Wildman–Crippen LogP) is 3.32. The number of furan rings is 1. The average Bonchev–Trinajstić information content (AvgIpc) is 2.67. The first-order valence-electron chi connectivity index (χ1n) is 5.64. The number of aromatic carboxylic acids is 1. The van der Waals surface area contributed by atoms with E-state index in [1.807, 2.05) is 32.1 Å². The van der Waals surface area contributed by atoms with Crippen molar-refractivity contribution in [1.29, 1.82) is 0 Å². The van der Waals surface area contributed by atoms with Gasteiger partial charge in [0.15, 0.2) is 0 Å². The fraction of sp³-hybridized carbons (Fsp3) is 0.214. The summed E-state index contributed by atoms with van der Waals surface area (Å²) >= 11 is 0. The van der Waals surface area contributed by atoms with Crippen molar-refractivity contribution in [3.8, 4) is 5.75 Å². The van der Waals surface area contributed by atoms with E-state index in [1.54, 1.807) is 6.07 Å². The molecule has 0 radical (unpaired) electrons. The molecule has 1 aromatic carbocycles. The van der Waals surface area contributed by atoms with Crippen LogP contribution in [0.4, 0.5) is 0 Å². The highest BCUT2D eigenvalue weighted by molar-refractivity contribution is 5.93. The summed E-state index contributed by atoms with van der Waals surface area (Å²) in [5.74, 6) is -0.419. The lowest BCUT2D eigenvalue weighted by atomic mass is 10.0. The third kappa shape index (κ3) is 1.66. The minimum Gasteiger partial charge on any atom is -0.483 e. The van der Waals surface area contributed by atoms with Crippen LogP contribution < -0.4 is 4.74 Å². The molecule has 0 fully saturated rings. The molecule has 1 N–H and O–H groups in total. The van der Waals surface area contributed by atoms with Gasteiger partial charge in [0.2, 0.25) is 5.76 Å². The molecule has 1 aliphatic rings. The van der Waals surface area contributed by atoms with Gasteiger partial charge >= 0.3 is 5.97 Å². The van der Waals surface area contributed by atoms with Crippen LogP contribution in [-0.2, 0) is 0 Å². The van der Waals surface area contributed by atoms with Gasteiger partial charge < -0.3 is 14.3 Å². The van der Waals surface area contributed by atoms with Crippen LogP contribution in [0, 0.1) is 0 Å². The molecule has 2 aromatic rings. The lowest BCUT2D eigenvalue weighted by molar-refractivity contribution is 0.0665. The van der Waals surface area contributed by atoms with E-state index >= 15 is 0 Å². The van der Waals surface area contributed by atoms with Gasteiger partial charge in [-0.2, -0.15) is 0 Å². The molecule has 4 nitrogen and oxygen atoms in total. The number of carboxylic acids is 1. The van der Waals surface area contributed by atoms with Crippen LogP contribution in [0.1, 0.15) is 30.0 Å². The Labute approximate surface area is 103 Å². The Bertz CT molecular complexity index is 676. The number of hydrogen-bond donors (Lipinski definition) is 1. The van der Waals surface area contributed by atoms with Gasteiger partial charge in [-0.1, -0.05) is 6.08 Å². The van der Waals surface area contributed by atoms with Crippen LogP contribution in [0.3, 0.4) is 0 Å². The molecule has 92 valence electrons. The molecule has 0 amide bonds. The van der Waals surface area contributed by atoms with Crippen molar-refractivity contribution in [2.45, 2.75) is 19.4 Å². The van der Waals surface area contributed by atoms with Gasteiger partial charge in [-0.3, -0.25) is 0 Å². The van der Waals surface area contributed by atoms with Crippen LogP contribution in [0.2, 0.25) is 0 Å². The first-order valence-corrected chi connectivity index (χ1v) is 5.64. The monoisotopic (exact) mass is 244 g/mol. The van der Waals surface area contributed by atoms with E-state index < -0.39 is 5.97 Å². The smallest absolute Gasteiger partial charge is 0.371 e. The second-order valence-electron chi connectivity index (χ2n) is 4.88. The number of hydrogen-bond acceptors (Lipinski definition) is 3. The maximum atomic E-state index is 10.9. The van der Waals surface area contributed by atoms with Crippen molar-refractivity contribution in [2.75, 3.05) is 0 Å². The number of ether oxygens (including phenoxy) is 1. The molecule has 3 rings (SSSR count). The highest BCUT2D eigenvalue weighted by Crippen LogP contribution is 2.35. The zero-order chi connectivity index (χ0) is 12.9. The summed E-state index contributed by atoms with van der Waals surface area (Å²) in [4.78, 5) is 10.9. The highest BCUT2D eigenvalue weighted by Gasteiger charge is 2.23. The van der Waals surface area contributed by atoms with Gasteiger partial charge in [-0.15, -0.1) is 0 Å². The van der Waals surface area contributed by atoms with Gasteiger partial charge in [0, 0.05) is 17.0 Å². The number of carbonyl (C=O) groups is 1. The first-order chi connectivity index (χ1) is 8.44. The Kier molecular flexibility index (Phi) is 2.05. The first kappa shape index (κ1) is 10.9. The van der Waals surface area contributed by atoms with Crippen molar-refractivity contribution >= 4 is 23.0 Å². The Hall–Kier alpha value is -2.23. The Morgan fingerprint density at radius 2 is 2.06 bits per heavy atom. The fourth-order valence-corrected chi connectivity index (χ4v) is 2.02. The summed E-state index contributed by atoms with van der Waals surface area (Å²) in [7, 11) is 0. The van der Waals surface area contributed by atoms with E-state index in [4.69, 9.17) is 14.3 Å². The van der Waals surface area contributed by atoms with Crippen molar-refractivity contribution in [2.24, 2.45) is 0 Å². The Morgan fingerprint density at radius 3 is 2.78 bits per heavy atom. The summed E-state index contributed by atoms with van der Waals surface area (Å²) in [5.41, 5.74) is 1.10. The molecule has 0 unspecified atom stereocenters. The minimum absolute atomic E-state index is 0.0596. The van der Waals surface area contributed by atoms with Crippen molar-refractivity contribution in [3.05, 3.63) is 35.6 Å². The second kappa shape index (κ2) is 3.38. The third-order valence-corrected chi connectivity index (χ3v) is 2.90. The van der Waals surface area contributed by atoms with E-state index in [2.05, 4.69) is 0 Å². The zero-order valence-corrected chi connectivity index (χ0v) is 10.1. The SMILES string of the molecule is CC1(C)C=Cc2cc3cc(C(=O)O)oc3cc2O1. The molecule has 18 heavy (non-hydrogen) atoms. The minimum atomic E-state index is -1.07. The van der Waals surface area contributed by atoms with Gasteiger partial charge in [0.1, 0.15) is 16.9 Å². The summed E-state index contributed by atoms with van der Waals surface area (Å²) < 4.78 is 11.1. The Balaban J connectivity index is 2.18. The topological polar surface area (TPSA) is 59.7 Å². The van der Waals surface area contributed by atoms with E-state index in [1.165, 1.54) is 6.07 Å². The van der Waals surface area contributed by atoms with E-state index in [0.29, 0.717) is 11.3 Å². The number of benzene rings is 1. The third-order valence-electron chi connectivity index (χ3n) is 2.90. The van der Waals surface area contributed by atoms with Gasteiger partial charge in [-0.05, 0) is 32.1 Å². The maximum Gasteiger partial charge on any atom is 0.371 e. The predicted molar refractivity (Wildman–Crippen MR) is 66.9 cm³/mol. The number of rotatable bonds is 1. The second-order valence-corrected chi connectivity index (χ2v) is 4.88. The number of fused-ring (bicyclic) bond motifs is 2. The molecule has 0 spiro atoms. The van der Waals surface area contributed by atoms with Crippen molar-refractivity contribution in [1.82, 2.24) is 0 Å². The van der Waals surface area contributed by atoms with Gasteiger partial charge in [0.05, 0.1) is 0 Å². The lowest BCUT2D eigenvalue weighted by Crippen LogP contribution is -2.27. The molecule has 1 aromatic heterocycles. The highest BCUT2D eigenvalue weighted by atomic mass is 16.5. The molecule has 0 aliphatic carbocycles.